The third kappa shape index (κ3) is 2.33. The van der Waals surface area contributed by atoms with Crippen molar-refractivity contribution < 1.29 is 4.79 Å². The highest BCUT2D eigenvalue weighted by atomic mass is 16.1. The summed E-state index contributed by atoms with van der Waals surface area (Å²) in [5.41, 5.74) is 9.28. The average Bonchev–Trinajstić information content (AvgIpc) is 2.48. The largest absolute Gasteiger partial charge is 0.366 e. The topological polar surface area (TPSA) is 43.1 Å². The lowest BCUT2D eigenvalue weighted by molar-refractivity contribution is 0.0449. The molecule has 2 saturated carbocycles. The second kappa shape index (κ2) is 5.36. The Morgan fingerprint density at radius 1 is 1.30 bits per heavy atom. The lowest BCUT2D eigenvalue weighted by atomic mass is 9.50. The molecular formula is C21H29NO. The Balaban J connectivity index is 1.67. The highest BCUT2D eigenvalue weighted by Crippen LogP contribution is 2.56. The molecule has 3 aliphatic rings. The summed E-state index contributed by atoms with van der Waals surface area (Å²) in [6, 6.07) is 6.20. The fourth-order valence-electron chi connectivity index (χ4n) is 5.67. The van der Waals surface area contributed by atoms with Crippen LogP contribution in [0.4, 0.5) is 0 Å². The molecule has 2 heteroatoms. The average molecular weight is 311 g/mol. The van der Waals surface area contributed by atoms with Gasteiger partial charge in [0, 0.05) is 5.56 Å². The maximum Gasteiger partial charge on any atom is 0.248 e. The first-order valence-corrected chi connectivity index (χ1v) is 9.42. The van der Waals surface area contributed by atoms with E-state index in [2.05, 4.69) is 26.0 Å². The molecule has 2 nitrogen and oxygen atoms in total. The molecule has 2 N–H and O–H groups in total. The van der Waals surface area contributed by atoms with Gasteiger partial charge in [-0.1, -0.05) is 39.2 Å². The summed E-state index contributed by atoms with van der Waals surface area (Å²) in [5.74, 6) is 3.14. The Kier molecular flexibility index (Phi) is 3.55. The van der Waals surface area contributed by atoms with E-state index in [1.54, 1.807) is 0 Å². The first-order chi connectivity index (χ1) is 11.0. The SMILES string of the molecule is CC1C2Cc3ccc(C(N)=O)cc3C1(C)CCC2CC1CCC1. The Bertz CT molecular complexity index is 633. The van der Waals surface area contributed by atoms with Crippen LogP contribution >= 0.6 is 0 Å². The summed E-state index contributed by atoms with van der Waals surface area (Å²) in [4.78, 5) is 11.6. The van der Waals surface area contributed by atoms with Gasteiger partial charge in [0.1, 0.15) is 0 Å². The molecule has 2 bridgehead atoms. The molecule has 0 radical (unpaired) electrons. The fraction of sp³-hybridized carbons (Fsp3) is 0.667. The van der Waals surface area contributed by atoms with E-state index in [4.69, 9.17) is 5.73 Å². The van der Waals surface area contributed by atoms with Gasteiger partial charge < -0.3 is 5.73 Å². The number of carbonyl (C=O) groups excluding carboxylic acids is 1. The van der Waals surface area contributed by atoms with Crippen LogP contribution in [-0.4, -0.2) is 5.91 Å². The minimum absolute atomic E-state index is 0.222. The third-order valence-corrected chi connectivity index (χ3v) is 7.61. The second-order valence-electron chi connectivity index (χ2n) is 8.64. The van der Waals surface area contributed by atoms with E-state index < -0.39 is 0 Å². The molecule has 3 aliphatic carbocycles. The van der Waals surface area contributed by atoms with E-state index in [1.165, 1.54) is 56.1 Å². The summed E-state index contributed by atoms with van der Waals surface area (Å²) in [7, 11) is 0. The molecule has 0 saturated heterocycles. The zero-order chi connectivity index (χ0) is 16.2. The van der Waals surface area contributed by atoms with E-state index in [-0.39, 0.29) is 11.3 Å². The third-order valence-electron chi connectivity index (χ3n) is 7.61. The molecule has 1 aromatic carbocycles. The Morgan fingerprint density at radius 2 is 2.09 bits per heavy atom. The van der Waals surface area contributed by atoms with Crippen molar-refractivity contribution >= 4 is 5.91 Å². The van der Waals surface area contributed by atoms with Crippen LogP contribution in [0.25, 0.3) is 0 Å². The zero-order valence-corrected chi connectivity index (χ0v) is 14.5. The van der Waals surface area contributed by atoms with E-state index in [0.717, 1.165) is 17.8 Å². The maximum absolute atomic E-state index is 11.6. The van der Waals surface area contributed by atoms with E-state index in [0.29, 0.717) is 11.5 Å². The standard InChI is InChI=1S/C21H29NO/c1-13-18-11-16-6-7-17(20(22)23)12-19(16)21(13,2)9-8-15(18)10-14-4-3-5-14/h6-7,12-15,18H,3-5,8-11H2,1-2H3,(H2,22,23). The predicted octanol–water partition coefficient (Wildman–Crippen LogP) is 4.45. The van der Waals surface area contributed by atoms with Gasteiger partial charge in [-0.05, 0) is 78.0 Å². The van der Waals surface area contributed by atoms with Crippen molar-refractivity contribution in [1.82, 2.24) is 0 Å². The minimum Gasteiger partial charge on any atom is -0.366 e. The fourth-order valence-corrected chi connectivity index (χ4v) is 5.67. The van der Waals surface area contributed by atoms with Crippen molar-refractivity contribution in [3.8, 4) is 0 Å². The van der Waals surface area contributed by atoms with Crippen LogP contribution in [0.5, 0.6) is 0 Å². The van der Waals surface area contributed by atoms with Crippen molar-refractivity contribution in [2.24, 2.45) is 29.4 Å². The van der Waals surface area contributed by atoms with Gasteiger partial charge in [0.15, 0.2) is 0 Å². The van der Waals surface area contributed by atoms with E-state index in [9.17, 15) is 4.79 Å². The molecule has 0 spiro atoms. The van der Waals surface area contributed by atoms with Crippen LogP contribution in [0.1, 0.15) is 73.9 Å². The molecule has 0 heterocycles. The van der Waals surface area contributed by atoms with Crippen LogP contribution in [0.3, 0.4) is 0 Å². The molecule has 4 unspecified atom stereocenters. The number of hydrogen-bond acceptors (Lipinski definition) is 1. The first kappa shape index (κ1) is 15.2. The second-order valence-corrected chi connectivity index (χ2v) is 8.64. The quantitative estimate of drug-likeness (QED) is 0.880. The molecule has 1 amide bonds. The Hall–Kier alpha value is -1.31. The molecule has 1 aromatic rings. The van der Waals surface area contributed by atoms with Gasteiger partial charge in [-0.15, -0.1) is 0 Å². The van der Waals surface area contributed by atoms with E-state index in [1.807, 2.05) is 6.07 Å². The highest BCUT2D eigenvalue weighted by Gasteiger charge is 2.49. The minimum atomic E-state index is -0.301. The molecule has 23 heavy (non-hydrogen) atoms. The molecule has 4 rings (SSSR count). The van der Waals surface area contributed by atoms with Gasteiger partial charge >= 0.3 is 0 Å². The number of rotatable bonds is 3. The number of hydrogen-bond donors (Lipinski definition) is 1. The molecule has 0 aliphatic heterocycles. The van der Waals surface area contributed by atoms with Crippen LogP contribution in [0.2, 0.25) is 0 Å². The highest BCUT2D eigenvalue weighted by molar-refractivity contribution is 5.93. The van der Waals surface area contributed by atoms with Gasteiger partial charge in [0.25, 0.3) is 0 Å². The maximum atomic E-state index is 11.6. The number of benzene rings is 1. The summed E-state index contributed by atoms with van der Waals surface area (Å²) >= 11 is 0. The van der Waals surface area contributed by atoms with Gasteiger partial charge in [0.2, 0.25) is 5.91 Å². The predicted molar refractivity (Wildman–Crippen MR) is 93.4 cm³/mol. The molecule has 4 atom stereocenters. The number of primary amides is 1. The first-order valence-electron chi connectivity index (χ1n) is 9.42. The van der Waals surface area contributed by atoms with Gasteiger partial charge in [-0.2, -0.15) is 0 Å². The van der Waals surface area contributed by atoms with Crippen LogP contribution < -0.4 is 5.73 Å². The van der Waals surface area contributed by atoms with Crippen molar-refractivity contribution in [1.29, 1.82) is 0 Å². The summed E-state index contributed by atoms with van der Waals surface area (Å²) in [5, 5.41) is 0. The Morgan fingerprint density at radius 3 is 2.74 bits per heavy atom. The monoisotopic (exact) mass is 311 g/mol. The molecular weight excluding hydrogens is 282 g/mol. The van der Waals surface area contributed by atoms with Crippen molar-refractivity contribution in [3.05, 3.63) is 34.9 Å². The van der Waals surface area contributed by atoms with Gasteiger partial charge in [-0.3, -0.25) is 4.79 Å². The number of carbonyl (C=O) groups is 1. The van der Waals surface area contributed by atoms with Crippen LogP contribution in [0, 0.1) is 23.7 Å². The smallest absolute Gasteiger partial charge is 0.248 e. The van der Waals surface area contributed by atoms with Crippen LogP contribution in [0.15, 0.2) is 18.2 Å². The lowest BCUT2D eigenvalue weighted by Crippen LogP contribution is -2.48. The van der Waals surface area contributed by atoms with Crippen molar-refractivity contribution in [2.45, 2.75) is 64.2 Å². The van der Waals surface area contributed by atoms with Gasteiger partial charge in [-0.25, -0.2) is 0 Å². The van der Waals surface area contributed by atoms with Gasteiger partial charge in [0.05, 0.1) is 0 Å². The Labute approximate surface area is 139 Å². The molecule has 0 aromatic heterocycles. The summed E-state index contributed by atoms with van der Waals surface area (Å²) < 4.78 is 0. The normalized spacial score (nSPS) is 36.2. The van der Waals surface area contributed by atoms with Crippen molar-refractivity contribution in [3.63, 3.8) is 0 Å². The van der Waals surface area contributed by atoms with E-state index >= 15 is 0 Å². The summed E-state index contributed by atoms with van der Waals surface area (Å²) in [6.07, 6.45) is 9.66. The summed E-state index contributed by atoms with van der Waals surface area (Å²) in [6.45, 7) is 4.88. The lowest BCUT2D eigenvalue weighted by Gasteiger charge is -2.54. The molecule has 2 fully saturated rings. The zero-order valence-electron chi connectivity index (χ0n) is 14.5. The van der Waals surface area contributed by atoms with Crippen molar-refractivity contribution in [2.75, 3.05) is 0 Å². The van der Waals surface area contributed by atoms with Crippen LogP contribution in [-0.2, 0) is 11.8 Å². The number of amides is 1. The molecule has 124 valence electrons. The number of nitrogens with two attached hydrogens (primary N) is 1. The number of fused-ring (bicyclic) bond motifs is 4.